The minimum absolute atomic E-state index is 0.0200. The van der Waals surface area contributed by atoms with Crippen LogP contribution in [0.25, 0.3) is 11.3 Å². The molecular formula is C26H36ClN3O4. The van der Waals surface area contributed by atoms with E-state index in [4.69, 9.17) is 25.8 Å². The van der Waals surface area contributed by atoms with Gasteiger partial charge in [-0.15, -0.1) is 0 Å². The van der Waals surface area contributed by atoms with Crippen molar-refractivity contribution in [2.45, 2.75) is 65.9 Å². The van der Waals surface area contributed by atoms with Gasteiger partial charge in [0.05, 0.1) is 10.7 Å². The number of hydrogen-bond donors (Lipinski definition) is 0. The summed E-state index contributed by atoms with van der Waals surface area (Å²) in [6.07, 6.45) is 2.34. The van der Waals surface area contributed by atoms with Crippen LogP contribution in [-0.2, 0) is 26.7 Å². The summed E-state index contributed by atoms with van der Waals surface area (Å²) in [5, 5.41) is 4.86. The summed E-state index contributed by atoms with van der Waals surface area (Å²) < 4.78 is 18.1. The van der Waals surface area contributed by atoms with E-state index in [2.05, 4.69) is 43.0 Å². The van der Waals surface area contributed by atoms with Crippen LogP contribution in [0.15, 0.2) is 29.3 Å². The number of aliphatic imine (C=N–C) groups is 1. The van der Waals surface area contributed by atoms with Gasteiger partial charge in [-0.2, -0.15) is 5.10 Å². The van der Waals surface area contributed by atoms with Crippen molar-refractivity contribution in [3.05, 3.63) is 51.8 Å². The van der Waals surface area contributed by atoms with Crippen LogP contribution in [0, 0.1) is 6.92 Å². The third-order valence-corrected chi connectivity index (χ3v) is 5.75. The lowest BCUT2D eigenvalue weighted by molar-refractivity contribution is -0.0214. The summed E-state index contributed by atoms with van der Waals surface area (Å²) in [5.74, 6) is 0.400. The fourth-order valence-electron chi connectivity index (χ4n) is 3.50. The molecule has 0 N–H and O–H groups in total. The molecule has 34 heavy (non-hydrogen) atoms. The predicted octanol–water partition coefficient (Wildman–Crippen LogP) is 6.56. The monoisotopic (exact) mass is 489 g/mol. The predicted molar refractivity (Wildman–Crippen MR) is 137 cm³/mol. The number of carbonyl (C=O) groups is 1. The van der Waals surface area contributed by atoms with Crippen molar-refractivity contribution < 1.29 is 19.0 Å². The second-order valence-electron chi connectivity index (χ2n) is 9.20. The smallest absolute Gasteiger partial charge is 0.454 e. The average Bonchev–Trinajstić information content (AvgIpc) is 3.01. The highest BCUT2D eigenvalue weighted by Gasteiger charge is 2.23. The summed E-state index contributed by atoms with van der Waals surface area (Å²) in [7, 11) is 3.46. The maximum atomic E-state index is 12.1. The molecule has 1 aromatic heterocycles. The summed E-state index contributed by atoms with van der Waals surface area (Å²) in [6.45, 7) is 11.8. The van der Waals surface area contributed by atoms with Crippen molar-refractivity contribution in [3.8, 4) is 0 Å². The first kappa shape index (κ1) is 27.4. The van der Waals surface area contributed by atoms with E-state index in [0.717, 1.165) is 18.4 Å². The maximum absolute atomic E-state index is 12.1. The Balaban J connectivity index is 2.46. The van der Waals surface area contributed by atoms with E-state index in [1.807, 2.05) is 32.9 Å². The first-order chi connectivity index (χ1) is 16.0. The Kier molecular flexibility index (Phi) is 9.74. The fraction of sp³-hybridized carbons (Fsp3) is 0.500. The highest BCUT2D eigenvalue weighted by atomic mass is 35.5. The molecule has 0 spiro atoms. The van der Waals surface area contributed by atoms with Crippen molar-refractivity contribution in [1.29, 1.82) is 0 Å². The lowest BCUT2D eigenvalue weighted by Gasteiger charge is -2.20. The molecule has 2 aromatic rings. The first-order valence-corrected chi connectivity index (χ1v) is 11.8. The summed E-state index contributed by atoms with van der Waals surface area (Å²) >= 11 is 6.60. The molecule has 1 heterocycles. The number of nitrogens with zero attached hydrogens (tertiary/aromatic N) is 3. The van der Waals surface area contributed by atoms with Crippen molar-refractivity contribution >= 4 is 35.3 Å². The third kappa shape index (κ3) is 7.10. The van der Waals surface area contributed by atoms with Gasteiger partial charge in [-0.05, 0) is 36.8 Å². The second-order valence-corrected chi connectivity index (χ2v) is 9.58. The van der Waals surface area contributed by atoms with Gasteiger partial charge in [-0.1, -0.05) is 70.0 Å². The first-order valence-electron chi connectivity index (χ1n) is 11.4. The summed E-state index contributed by atoms with van der Waals surface area (Å²) in [6, 6.07) is 8.18. The molecule has 0 aliphatic carbocycles. The number of benzene rings is 1. The van der Waals surface area contributed by atoms with Gasteiger partial charge in [-0.25, -0.2) is 4.79 Å². The number of ether oxygens (including phenoxy) is 3. The van der Waals surface area contributed by atoms with Crippen LogP contribution in [-0.4, -0.2) is 42.1 Å². The van der Waals surface area contributed by atoms with Crippen molar-refractivity contribution in [1.82, 2.24) is 9.78 Å². The van der Waals surface area contributed by atoms with Gasteiger partial charge in [0.15, 0.2) is 5.76 Å². The van der Waals surface area contributed by atoms with Crippen LogP contribution in [0.1, 0.15) is 70.0 Å². The van der Waals surface area contributed by atoms with E-state index in [9.17, 15) is 4.79 Å². The fourth-order valence-corrected chi connectivity index (χ4v) is 3.74. The SMILES string of the molecule is CCCC(C)OC(=O)OCO/C(=C(/C=N\C)c1ccc(C(C)(C)C)cc1)c1c(Cl)c(C)nn1C. The number of halogens is 1. The largest absolute Gasteiger partial charge is 0.511 e. The van der Waals surface area contributed by atoms with E-state index >= 15 is 0 Å². The van der Waals surface area contributed by atoms with E-state index in [-0.39, 0.29) is 18.3 Å². The molecule has 0 saturated carbocycles. The minimum Gasteiger partial charge on any atom is -0.454 e. The molecule has 0 radical (unpaired) electrons. The minimum atomic E-state index is -0.784. The Morgan fingerprint density at radius 1 is 1.24 bits per heavy atom. The molecule has 7 nitrogen and oxygen atoms in total. The van der Waals surface area contributed by atoms with Crippen LogP contribution < -0.4 is 0 Å². The zero-order chi connectivity index (χ0) is 25.5. The molecule has 8 heteroatoms. The molecule has 0 saturated heterocycles. The lowest BCUT2D eigenvalue weighted by atomic mass is 9.86. The molecule has 0 aliphatic heterocycles. The number of aryl methyl sites for hydroxylation is 2. The van der Waals surface area contributed by atoms with Crippen molar-refractivity contribution in [2.75, 3.05) is 13.8 Å². The Hall–Kier alpha value is -2.80. The molecular weight excluding hydrogens is 454 g/mol. The standard InChI is InChI=1S/C26H36ClN3O4/c1-9-10-17(2)34-25(31)33-16-32-24(23-22(27)18(3)29-30(23)8)21(15-28-7)19-11-13-20(14-12-19)26(4,5)6/h11-15,17H,9-10,16H2,1-8H3/b24-21-,28-15-. The van der Waals surface area contributed by atoms with Gasteiger partial charge in [0, 0.05) is 25.9 Å². The van der Waals surface area contributed by atoms with Crippen molar-refractivity contribution in [2.24, 2.45) is 12.0 Å². The number of hydrogen-bond acceptors (Lipinski definition) is 6. The van der Waals surface area contributed by atoms with E-state index in [1.165, 1.54) is 5.56 Å². The molecule has 186 valence electrons. The van der Waals surface area contributed by atoms with E-state index < -0.39 is 6.16 Å². The van der Waals surface area contributed by atoms with Gasteiger partial charge in [0.25, 0.3) is 0 Å². The topological polar surface area (TPSA) is 74.9 Å². The molecule has 0 fully saturated rings. The molecule has 1 unspecified atom stereocenters. The van der Waals surface area contributed by atoms with Crippen LogP contribution in [0.3, 0.4) is 0 Å². The number of allylic oxidation sites excluding steroid dienone is 1. The van der Waals surface area contributed by atoms with Gasteiger partial charge in [-0.3, -0.25) is 9.67 Å². The number of carbonyl (C=O) groups excluding carboxylic acids is 1. The molecule has 1 aromatic carbocycles. The Morgan fingerprint density at radius 2 is 1.88 bits per heavy atom. The molecule has 0 aliphatic rings. The summed E-state index contributed by atoms with van der Waals surface area (Å²) in [5.41, 5.74) is 4.00. The van der Waals surface area contributed by atoms with Crippen molar-refractivity contribution in [3.63, 3.8) is 0 Å². The average molecular weight is 490 g/mol. The summed E-state index contributed by atoms with van der Waals surface area (Å²) in [4.78, 5) is 16.3. The van der Waals surface area contributed by atoms with Crippen LogP contribution in [0.5, 0.6) is 0 Å². The highest BCUT2D eigenvalue weighted by Crippen LogP contribution is 2.33. The Labute approximate surface area is 207 Å². The lowest BCUT2D eigenvalue weighted by Crippen LogP contribution is -2.17. The molecule has 0 amide bonds. The van der Waals surface area contributed by atoms with Gasteiger partial charge in [0.2, 0.25) is 6.79 Å². The quantitative estimate of drug-likeness (QED) is 0.172. The third-order valence-electron chi connectivity index (χ3n) is 5.30. The normalized spacial score (nSPS) is 13.6. The maximum Gasteiger partial charge on any atom is 0.511 e. The van der Waals surface area contributed by atoms with E-state index in [1.54, 1.807) is 25.0 Å². The highest BCUT2D eigenvalue weighted by molar-refractivity contribution is 6.33. The van der Waals surface area contributed by atoms with Crippen LogP contribution in [0.2, 0.25) is 5.02 Å². The van der Waals surface area contributed by atoms with Gasteiger partial charge < -0.3 is 14.2 Å². The molecule has 0 bridgehead atoms. The zero-order valence-electron chi connectivity index (χ0n) is 21.4. The van der Waals surface area contributed by atoms with E-state index in [0.29, 0.717) is 27.7 Å². The number of aromatic nitrogens is 2. The second kappa shape index (κ2) is 12.1. The number of rotatable bonds is 9. The molecule has 2 rings (SSSR count). The van der Waals surface area contributed by atoms with Crippen LogP contribution in [0.4, 0.5) is 4.79 Å². The molecule has 1 atom stereocenters. The Bertz CT molecular complexity index is 1030. The van der Waals surface area contributed by atoms with Gasteiger partial charge in [0.1, 0.15) is 11.8 Å². The van der Waals surface area contributed by atoms with Crippen LogP contribution >= 0.6 is 11.6 Å². The Morgan fingerprint density at radius 3 is 2.38 bits per heavy atom. The zero-order valence-corrected chi connectivity index (χ0v) is 22.2. The van der Waals surface area contributed by atoms with Gasteiger partial charge >= 0.3 is 6.16 Å².